The number of hydrogen-bond acceptors (Lipinski definition) is 5. The van der Waals surface area contributed by atoms with E-state index in [0.717, 1.165) is 27.8 Å². The third-order valence-corrected chi connectivity index (χ3v) is 4.27. The minimum Gasteiger partial charge on any atom is -0.348 e. The fourth-order valence-electron chi connectivity index (χ4n) is 2.91. The number of nitrogens with one attached hydrogen (secondary N) is 1. The Hall–Kier alpha value is -3.93. The minimum absolute atomic E-state index is 0.156. The lowest BCUT2D eigenvalue weighted by Gasteiger charge is -2.11. The molecule has 0 spiro atoms. The van der Waals surface area contributed by atoms with Crippen molar-refractivity contribution in [2.75, 3.05) is 0 Å². The van der Waals surface area contributed by atoms with Gasteiger partial charge in [0.15, 0.2) is 0 Å². The molecule has 3 aromatic carbocycles. The molecule has 5 N–H and O–H groups in total. The van der Waals surface area contributed by atoms with Gasteiger partial charge >= 0.3 is 0 Å². The van der Waals surface area contributed by atoms with Crippen molar-refractivity contribution in [1.82, 2.24) is 5.32 Å². The zero-order valence-corrected chi connectivity index (χ0v) is 15.2. The van der Waals surface area contributed by atoms with Crippen LogP contribution in [-0.4, -0.2) is 18.3 Å². The van der Waals surface area contributed by atoms with Gasteiger partial charge in [0.05, 0.1) is 12.4 Å². The number of hydrogen-bond donors (Lipinski definition) is 3. The van der Waals surface area contributed by atoms with Crippen LogP contribution in [0.1, 0.15) is 27.0 Å². The van der Waals surface area contributed by atoms with Gasteiger partial charge in [0.2, 0.25) is 0 Å². The second-order valence-electron chi connectivity index (χ2n) is 6.14. The Labute approximate surface area is 163 Å². The van der Waals surface area contributed by atoms with Crippen LogP contribution in [0.4, 0.5) is 0 Å². The Kier molecular flexibility index (Phi) is 6.15. The van der Waals surface area contributed by atoms with Gasteiger partial charge in [-0.2, -0.15) is 10.2 Å². The number of carbonyl (C=O) groups excluding carboxylic acids is 1. The van der Waals surface area contributed by atoms with E-state index in [1.54, 1.807) is 24.4 Å². The summed E-state index contributed by atoms with van der Waals surface area (Å²) in [6.45, 7) is 0.413. The molecule has 0 saturated heterocycles. The second-order valence-corrected chi connectivity index (χ2v) is 6.14. The molecule has 3 aromatic rings. The molecule has 0 unspecified atom stereocenters. The van der Waals surface area contributed by atoms with E-state index in [1.165, 1.54) is 6.21 Å². The maximum absolute atomic E-state index is 12.5. The third kappa shape index (κ3) is 4.62. The molecule has 140 valence electrons. The Morgan fingerprint density at radius 3 is 2.32 bits per heavy atom. The van der Waals surface area contributed by atoms with E-state index in [0.29, 0.717) is 12.1 Å². The van der Waals surface area contributed by atoms with Crippen molar-refractivity contribution in [3.05, 3.63) is 95.1 Å². The molecule has 28 heavy (non-hydrogen) atoms. The maximum atomic E-state index is 12.5. The fourth-order valence-corrected chi connectivity index (χ4v) is 2.91. The standard InChI is InChI=1S/C22H21N5O/c23-26-13-16-8-10-18(11-9-16)21-7-2-1-5-20(21)15-25-22(28)19-6-3-4-17(12-19)14-27-24/h1-14H,15,23-24H2,(H,25,28). The Bertz CT molecular complexity index is 1010. The zero-order valence-electron chi connectivity index (χ0n) is 15.2. The molecule has 6 heteroatoms. The molecule has 1 amide bonds. The van der Waals surface area contributed by atoms with E-state index in [2.05, 4.69) is 15.5 Å². The van der Waals surface area contributed by atoms with E-state index in [1.807, 2.05) is 54.6 Å². The molecule has 0 fully saturated rings. The Morgan fingerprint density at radius 2 is 1.57 bits per heavy atom. The van der Waals surface area contributed by atoms with Crippen molar-refractivity contribution in [3.63, 3.8) is 0 Å². The highest BCUT2D eigenvalue weighted by Crippen LogP contribution is 2.24. The van der Waals surface area contributed by atoms with Gasteiger partial charge in [-0.15, -0.1) is 0 Å². The van der Waals surface area contributed by atoms with E-state index >= 15 is 0 Å². The Balaban J connectivity index is 1.76. The molecule has 0 aliphatic rings. The number of nitrogens with two attached hydrogens (primary N) is 2. The number of amides is 1. The minimum atomic E-state index is -0.156. The summed E-state index contributed by atoms with van der Waals surface area (Å²) in [6, 6.07) is 23.0. The van der Waals surface area contributed by atoms with Crippen LogP contribution in [0.3, 0.4) is 0 Å². The van der Waals surface area contributed by atoms with Crippen molar-refractivity contribution in [3.8, 4) is 11.1 Å². The van der Waals surface area contributed by atoms with Crippen LogP contribution in [0.15, 0.2) is 83.0 Å². The first-order valence-electron chi connectivity index (χ1n) is 8.74. The van der Waals surface area contributed by atoms with Crippen molar-refractivity contribution in [2.45, 2.75) is 6.54 Å². The van der Waals surface area contributed by atoms with E-state index in [9.17, 15) is 4.79 Å². The number of benzene rings is 3. The molecule has 0 bridgehead atoms. The highest BCUT2D eigenvalue weighted by atomic mass is 16.1. The van der Waals surface area contributed by atoms with E-state index in [-0.39, 0.29) is 5.91 Å². The van der Waals surface area contributed by atoms with Crippen molar-refractivity contribution >= 4 is 18.3 Å². The average molecular weight is 371 g/mol. The lowest BCUT2D eigenvalue weighted by molar-refractivity contribution is 0.0951. The van der Waals surface area contributed by atoms with Crippen LogP contribution >= 0.6 is 0 Å². The van der Waals surface area contributed by atoms with Crippen LogP contribution in [0.2, 0.25) is 0 Å². The summed E-state index contributed by atoms with van der Waals surface area (Å²) in [7, 11) is 0. The van der Waals surface area contributed by atoms with Crippen LogP contribution in [0.25, 0.3) is 11.1 Å². The summed E-state index contributed by atoms with van der Waals surface area (Å²) in [5, 5.41) is 10.00. The van der Waals surface area contributed by atoms with Gasteiger partial charge in [-0.05, 0) is 39.9 Å². The largest absolute Gasteiger partial charge is 0.348 e. The lowest BCUT2D eigenvalue weighted by Crippen LogP contribution is -2.23. The monoisotopic (exact) mass is 371 g/mol. The summed E-state index contributed by atoms with van der Waals surface area (Å²) in [5.74, 6) is 10.2. The van der Waals surface area contributed by atoms with Crippen molar-refractivity contribution < 1.29 is 4.79 Å². The predicted molar refractivity (Wildman–Crippen MR) is 113 cm³/mol. The second kappa shape index (κ2) is 9.14. The van der Waals surface area contributed by atoms with Gasteiger partial charge in [-0.25, -0.2) is 0 Å². The maximum Gasteiger partial charge on any atom is 0.251 e. The first-order valence-corrected chi connectivity index (χ1v) is 8.74. The first-order chi connectivity index (χ1) is 13.7. The number of rotatable bonds is 6. The molecule has 0 aromatic heterocycles. The fraction of sp³-hybridized carbons (Fsp3) is 0.0455. The molecular weight excluding hydrogens is 350 g/mol. The number of carbonyl (C=O) groups is 1. The molecule has 6 nitrogen and oxygen atoms in total. The predicted octanol–water partition coefficient (Wildman–Crippen LogP) is 2.87. The lowest BCUT2D eigenvalue weighted by atomic mass is 9.98. The summed E-state index contributed by atoms with van der Waals surface area (Å²) in [5.41, 5.74) is 5.40. The van der Waals surface area contributed by atoms with Gasteiger partial charge in [-0.3, -0.25) is 4.79 Å². The quantitative estimate of drug-likeness (QED) is 0.352. The molecule has 0 saturated carbocycles. The molecule has 0 aliphatic carbocycles. The molecule has 0 radical (unpaired) electrons. The summed E-state index contributed by atoms with van der Waals surface area (Å²) >= 11 is 0. The summed E-state index contributed by atoms with van der Waals surface area (Å²) in [6.07, 6.45) is 3.10. The summed E-state index contributed by atoms with van der Waals surface area (Å²) in [4.78, 5) is 12.5. The van der Waals surface area contributed by atoms with Crippen molar-refractivity contribution in [2.24, 2.45) is 21.9 Å². The Morgan fingerprint density at radius 1 is 0.857 bits per heavy atom. The van der Waals surface area contributed by atoms with Crippen LogP contribution in [0.5, 0.6) is 0 Å². The molecule has 0 heterocycles. The molecular formula is C22H21N5O. The third-order valence-electron chi connectivity index (χ3n) is 4.27. The SMILES string of the molecule is NN=Cc1ccc(-c2ccccc2CNC(=O)c2cccc(C=NN)c2)cc1. The van der Waals surface area contributed by atoms with Gasteiger partial charge < -0.3 is 17.0 Å². The van der Waals surface area contributed by atoms with Gasteiger partial charge in [0.1, 0.15) is 0 Å². The molecule has 3 rings (SSSR count). The average Bonchev–Trinajstić information content (AvgIpc) is 2.73. The van der Waals surface area contributed by atoms with Gasteiger partial charge in [0, 0.05) is 12.1 Å². The number of nitrogens with zero attached hydrogens (tertiary/aromatic N) is 2. The summed E-state index contributed by atoms with van der Waals surface area (Å²) < 4.78 is 0. The normalized spacial score (nSPS) is 11.1. The van der Waals surface area contributed by atoms with E-state index < -0.39 is 0 Å². The van der Waals surface area contributed by atoms with E-state index in [4.69, 9.17) is 11.7 Å². The van der Waals surface area contributed by atoms with Crippen LogP contribution in [0, 0.1) is 0 Å². The van der Waals surface area contributed by atoms with Gasteiger partial charge in [0.25, 0.3) is 5.91 Å². The highest BCUT2D eigenvalue weighted by molar-refractivity contribution is 5.96. The molecule has 0 atom stereocenters. The topological polar surface area (TPSA) is 106 Å². The first kappa shape index (κ1) is 18.8. The molecule has 0 aliphatic heterocycles. The zero-order chi connectivity index (χ0) is 19.8. The van der Waals surface area contributed by atoms with Gasteiger partial charge in [-0.1, -0.05) is 60.7 Å². The van der Waals surface area contributed by atoms with Crippen LogP contribution < -0.4 is 17.0 Å². The number of hydrazone groups is 2. The van der Waals surface area contributed by atoms with Crippen LogP contribution in [-0.2, 0) is 6.54 Å². The highest BCUT2D eigenvalue weighted by Gasteiger charge is 2.09. The smallest absolute Gasteiger partial charge is 0.251 e. The van der Waals surface area contributed by atoms with Crippen molar-refractivity contribution in [1.29, 1.82) is 0 Å².